The van der Waals surface area contributed by atoms with Crippen molar-refractivity contribution in [3.63, 3.8) is 0 Å². The molecule has 2 aliphatic heterocycles. The SMILES string of the molecule is CC1(O)CC(=O)OC(c2ccc(C(=O)ON3C(=O)CCC3=O)cc2)C1. The Bertz CT molecular complexity index is 722. The van der Waals surface area contributed by atoms with E-state index in [0.717, 1.165) is 0 Å². The lowest BCUT2D eigenvalue weighted by atomic mass is 9.89. The number of cyclic esters (lactones) is 1. The number of imide groups is 1. The van der Waals surface area contributed by atoms with Crippen LogP contribution in [0.1, 0.15) is 54.6 Å². The van der Waals surface area contributed by atoms with Crippen LogP contribution >= 0.6 is 0 Å². The van der Waals surface area contributed by atoms with Crippen LogP contribution in [0.5, 0.6) is 0 Å². The highest BCUT2D eigenvalue weighted by Crippen LogP contribution is 2.34. The van der Waals surface area contributed by atoms with Crippen molar-refractivity contribution >= 4 is 23.8 Å². The molecule has 0 radical (unpaired) electrons. The molecule has 0 spiro atoms. The summed E-state index contributed by atoms with van der Waals surface area (Å²) in [6.07, 6.45) is -0.371. The van der Waals surface area contributed by atoms with E-state index in [9.17, 15) is 24.3 Å². The standard InChI is InChI=1S/C17H17NO7/c1-17(23)8-12(24-15(21)9-17)10-2-4-11(5-3-10)16(22)25-18-13(19)6-7-14(18)20/h2-5,12,23H,6-9H2,1H3. The summed E-state index contributed by atoms with van der Waals surface area (Å²) in [6.45, 7) is 1.57. The van der Waals surface area contributed by atoms with E-state index in [0.29, 0.717) is 10.6 Å². The first-order chi connectivity index (χ1) is 11.7. The molecular formula is C17H17NO7. The predicted octanol–water partition coefficient (Wildman–Crippen LogP) is 1.04. The van der Waals surface area contributed by atoms with Crippen LogP contribution in [0.4, 0.5) is 0 Å². The Balaban J connectivity index is 1.69. The van der Waals surface area contributed by atoms with Crippen LogP contribution in [0.2, 0.25) is 0 Å². The summed E-state index contributed by atoms with van der Waals surface area (Å²) < 4.78 is 5.23. The van der Waals surface area contributed by atoms with Crippen molar-refractivity contribution in [2.45, 2.75) is 44.3 Å². The van der Waals surface area contributed by atoms with Crippen LogP contribution in [0.15, 0.2) is 24.3 Å². The van der Waals surface area contributed by atoms with Crippen LogP contribution in [0, 0.1) is 0 Å². The molecule has 2 amide bonds. The third kappa shape index (κ3) is 3.69. The number of aliphatic hydroxyl groups is 1. The molecule has 2 aliphatic rings. The summed E-state index contributed by atoms with van der Waals surface area (Å²) in [5.41, 5.74) is -0.378. The highest BCUT2D eigenvalue weighted by Gasteiger charge is 2.37. The van der Waals surface area contributed by atoms with E-state index >= 15 is 0 Å². The molecule has 2 fully saturated rings. The Morgan fingerprint density at radius 1 is 1.20 bits per heavy atom. The maximum atomic E-state index is 12.0. The van der Waals surface area contributed by atoms with Crippen LogP contribution in [0.3, 0.4) is 0 Å². The van der Waals surface area contributed by atoms with Crippen molar-refractivity contribution in [3.05, 3.63) is 35.4 Å². The summed E-state index contributed by atoms with van der Waals surface area (Å²) >= 11 is 0. The molecule has 1 N–H and O–H groups in total. The van der Waals surface area contributed by atoms with E-state index < -0.39 is 35.5 Å². The van der Waals surface area contributed by atoms with Crippen molar-refractivity contribution < 1.29 is 33.9 Å². The second kappa shape index (κ2) is 6.29. The number of amides is 2. The first-order valence-corrected chi connectivity index (χ1v) is 7.85. The van der Waals surface area contributed by atoms with E-state index in [1.807, 2.05) is 0 Å². The van der Waals surface area contributed by atoms with Crippen LogP contribution in [-0.2, 0) is 24.0 Å². The van der Waals surface area contributed by atoms with Gasteiger partial charge in [-0.25, -0.2) is 4.79 Å². The number of nitrogens with zero attached hydrogens (tertiary/aromatic N) is 1. The largest absolute Gasteiger partial charge is 0.457 e. The van der Waals surface area contributed by atoms with Crippen LogP contribution in [-0.4, -0.2) is 39.5 Å². The van der Waals surface area contributed by atoms with Gasteiger partial charge < -0.3 is 14.7 Å². The fourth-order valence-electron chi connectivity index (χ4n) is 2.84. The Morgan fingerprint density at radius 2 is 1.80 bits per heavy atom. The zero-order valence-electron chi connectivity index (χ0n) is 13.6. The van der Waals surface area contributed by atoms with Gasteiger partial charge in [-0.3, -0.25) is 14.4 Å². The summed E-state index contributed by atoms with van der Waals surface area (Å²) in [5, 5.41) is 10.6. The van der Waals surface area contributed by atoms with Gasteiger partial charge in [-0.15, -0.1) is 5.06 Å². The Morgan fingerprint density at radius 3 is 2.36 bits per heavy atom. The van der Waals surface area contributed by atoms with E-state index in [4.69, 9.17) is 9.57 Å². The fourth-order valence-corrected chi connectivity index (χ4v) is 2.84. The number of carbonyl (C=O) groups excluding carboxylic acids is 4. The van der Waals surface area contributed by atoms with E-state index in [1.165, 1.54) is 12.1 Å². The molecule has 0 aromatic heterocycles. The molecule has 132 valence electrons. The van der Waals surface area contributed by atoms with Crippen molar-refractivity contribution in [2.75, 3.05) is 0 Å². The number of rotatable bonds is 3. The summed E-state index contributed by atoms with van der Waals surface area (Å²) in [5.74, 6) is -2.42. The first kappa shape index (κ1) is 17.1. The maximum Gasteiger partial charge on any atom is 0.363 e. The van der Waals surface area contributed by atoms with Crippen LogP contribution < -0.4 is 0 Å². The van der Waals surface area contributed by atoms with Gasteiger partial charge in [-0.2, -0.15) is 0 Å². The molecular weight excluding hydrogens is 330 g/mol. The third-order valence-electron chi connectivity index (χ3n) is 4.12. The minimum absolute atomic E-state index is 0.0258. The molecule has 0 saturated carbocycles. The number of hydrogen-bond acceptors (Lipinski definition) is 7. The van der Waals surface area contributed by atoms with Gasteiger partial charge >= 0.3 is 11.9 Å². The molecule has 25 heavy (non-hydrogen) atoms. The molecule has 1 aromatic rings. The highest BCUT2D eigenvalue weighted by molar-refractivity contribution is 6.02. The van der Waals surface area contributed by atoms with E-state index in [1.54, 1.807) is 19.1 Å². The Labute approximate surface area is 143 Å². The minimum Gasteiger partial charge on any atom is -0.457 e. The number of esters is 1. The smallest absolute Gasteiger partial charge is 0.363 e. The second-order valence-corrected chi connectivity index (χ2v) is 6.44. The average molecular weight is 347 g/mol. The van der Waals surface area contributed by atoms with Crippen molar-refractivity contribution in [1.82, 2.24) is 5.06 Å². The van der Waals surface area contributed by atoms with Crippen molar-refractivity contribution in [1.29, 1.82) is 0 Å². The lowest BCUT2D eigenvalue weighted by Gasteiger charge is -2.33. The topological polar surface area (TPSA) is 110 Å². The molecule has 1 aromatic carbocycles. The van der Waals surface area contributed by atoms with Gasteiger partial charge in [-0.1, -0.05) is 12.1 Å². The summed E-state index contributed by atoms with van der Waals surface area (Å²) in [7, 11) is 0. The predicted molar refractivity (Wildman–Crippen MR) is 81.6 cm³/mol. The molecule has 8 heteroatoms. The monoisotopic (exact) mass is 347 g/mol. The van der Waals surface area contributed by atoms with E-state index in [2.05, 4.69) is 0 Å². The van der Waals surface area contributed by atoms with Gasteiger partial charge in [0.1, 0.15) is 6.10 Å². The second-order valence-electron chi connectivity index (χ2n) is 6.44. The third-order valence-corrected chi connectivity index (χ3v) is 4.12. The zero-order valence-corrected chi connectivity index (χ0v) is 13.6. The maximum absolute atomic E-state index is 12.0. The molecule has 0 bridgehead atoms. The highest BCUT2D eigenvalue weighted by atomic mass is 16.7. The Kier molecular flexibility index (Phi) is 4.30. The molecule has 2 saturated heterocycles. The van der Waals surface area contributed by atoms with Crippen molar-refractivity contribution in [2.24, 2.45) is 0 Å². The van der Waals surface area contributed by atoms with Gasteiger partial charge in [0, 0.05) is 19.3 Å². The summed E-state index contributed by atoms with van der Waals surface area (Å²) in [6, 6.07) is 6.03. The van der Waals surface area contributed by atoms with E-state index in [-0.39, 0.29) is 31.2 Å². The van der Waals surface area contributed by atoms with Crippen molar-refractivity contribution in [3.8, 4) is 0 Å². The zero-order chi connectivity index (χ0) is 18.2. The lowest BCUT2D eigenvalue weighted by Crippen LogP contribution is -2.37. The Hall–Kier alpha value is -2.74. The first-order valence-electron chi connectivity index (χ1n) is 7.85. The molecule has 2 unspecified atom stereocenters. The fraction of sp³-hybridized carbons (Fsp3) is 0.412. The van der Waals surface area contributed by atoms with Gasteiger partial charge in [0.25, 0.3) is 11.8 Å². The van der Waals surface area contributed by atoms with Gasteiger partial charge in [-0.05, 0) is 24.6 Å². The number of carbonyl (C=O) groups is 4. The number of hydrogen-bond donors (Lipinski definition) is 1. The lowest BCUT2D eigenvalue weighted by molar-refractivity contribution is -0.172. The molecule has 0 aliphatic carbocycles. The summed E-state index contributed by atoms with van der Waals surface area (Å²) in [4.78, 5) is 51.4. The number of hydroxylamine groups is 2. The number of benzene rings is 1. The van der Waals surface area contributed by atoms with Crippen LogP contribution in [0.25, 0.3) is 0 Å². The van der Waals surface area contributed by atoms with Gasteiger partial charge in [0.2, 0.25) is 0 Å². The minimum atomic E-state index is -1.14. The average Bonchev–Trinajstić information content (AvgIpc) is 2.85. The van der Waals surface area contributed by atoms with Gasteiger partial charge in [0.15, 0.2) is 0 Å². The van der Waals surface area contributed by atoms with Gasteiger partial charge in [0.05, 0.1) is 17.6 Å². The molecule has 2 atom stereocenters. The quantitative estimate of drug-likeness (QED) is 0.642. The molecule has 3 rings (SSSR count). The number of ether oxygens (including phenoxy) is 1. The normalized spacial score (nSPS) is 26.6. The molecule has 8 nitrogen and oxygen atoms in total. The molecule has 2 heterocycles.